The molecule has 0 aliphatic rings. The van der Waals surface area contributed by atoms with E-state index >= 15 is 0 Å². The van der Waals surface area contributed by atoms with Crippen molar-refractivity contribution in [3.63, 3.8) is 0 Å². The molecule has 0 spiro atoms. The molecule has 98 valence electrons. The third kappa shape index (κ3) is 2.71. The fourth-order valence-corrected chi connectivity index (χ4v) is 1.51. The van der Waals surface area contributed by atoms with E-state index in [4.69, 9.17) is 9.84 Å². The van der Waals surface area contributed by atoms with Gasteiger partial charge in [0.15, 0.2) is 5.82 Å². The number of rotatable bonds is 4. The largest absolute Gasteiger partial charge is 0.496 e. The quantitative estimate of drug-likeness (QED) is 0.771. The first-order chi connectivity index (χ1) is 9.11. The molecule has 7 nitrogen and oxygen atoms in total. The Morgan fingerprint density at radius 1 is 1.37 bits per heavy atom. The highest BCUT2D eigenvalue weighted by molar-refractivity contribution is 6.06. The summed E-state index contributed by atoms with van der Waals surface area (Å²) < 4.78 is 5.06. The van der Waals surface area contributed by atoms with Crippen molar-refractivity contribution >= 4 is 17.7 Å². The van der Waals surface area contributed by atoms with Gasteiger partial charge in [0, 0.05) is 6.07 Å². The number of para-hydroxylation sites is 1. The van der Waals surface area contributed by atoms with Crippen molar-refractivity contribution in [2.75, 3.05) is 12.4 Å². The van der Waals surface area contributed by atoms with Crippen LogP contribution in [0.2, 0.25) is 0 Å². The lowest BCUT2D eigenvalue weighted by molar-refractivity contribution is 0.0690. The van der Waals surface area contributed by atoms with Gasteiger partial charge in [0.1, 0.15) is 11.4 Å². The molecule has 0 bridgehead atoms. The van der Waals surface area contributed by atoms with E-state index in [9.17, 15) is 9.59 Å². The number of H-pyrrole nitrogens is 1. The van der Waals surface area contributed by atoms with Crippen LogP contribution in [0.25, 0.3) is 0 Å². The highest BCUT2D eigenvalue weighted by Crippen LogP contribution is 2.18. The van der Waals surface area contributed by atoms with Crippen LogP contribution in [0, 0.1) is 0 Å². The summed E-state index contributed by atoms with van der Waals surface area (Å²) in [7, 11) is 1.46. The SMILES string of the molecule is COc1ccccc1C(=O)Nc1cc(C(=O)O)[nH]n1. The summed E-state index contributed by atoms with van der Waals surface area (Å²) in [4.78, 5) is 22.6. The minimum Gasteiger partial charge on any atom is -0.496 e. The number of carbonyl (C=O) groups is 2. The van der Waals surface area contributed by atoms with Gasteiger partial charge in [-0.3, -0.25) is 9.89 Å². The molecule has 0 aliphatic heterocycles. The number of anilines is 1. The summed E-state index contributed by atoms with van der Waals surface area (Å²) in [5, 5.41) is 17.2. The molecule has 0 saturated heterocycles. The van der Waals surface area contributed by atoms with Crippen molar-refractivity contribution in [1.29, 1.82) is 0 Å². The van der Waals surface area contributed by atoms with Crippen molar-refractivity contribution < 1.29 is 19.4 Å². The number of hydrogen-bond acceptors (Lipinski definition) is 4. The number of nitrogens with one attached hydrogen (secondary N) is 2. The molecule has 2 aromatic rings. The monoisotopic (exact) mass is 261 g/mol. The van der Waals surface area contributed by atoms with Gasteiger partial charge in [-0.2, -0.15) is 5.10 Å². The third-order valence-electron chi connectivity index (χ3n) is 2.40. The average Bonchev–Trinajstić information content (AvgIpc) is 2.87. The number of carbonyl (C=O) groups excluding carboxylic acids is 1. The number of nitrogens with zero attached hydrogens (tertiary/aromatic N) is 1. The van der Waals surface area contributed by atoms with Crippen LogP contribution in [-0.4, -0.2) is 34.3 Å². The zero-order valence-corrected chi connectivity index (χ0v) is 10.0. The van der Waals surface area contributed by atoms with E-state index in [1.807, 2.05) is 0 Å². The fraction of sp³-hybridized carbons (Fsp3) is 0.0833. The van der Waals surface area contributed by atoms with Gasteiger partial charge < -0.3 is 15.2 Å². The van der Waals surface area contributed by atoms with Crippen LogP contribution in [0.3, 0.4) is 0 Å². The Hall–Kier alpha value is -2.83. The van der Waals surface area contributed by atoms with Gasteiger partial charge in [0.05, 0.1) is 12.7 Å². The number of methoxy groups -OCH3 is 1. The molecule has 3 N–H and O–H groups in total. The Morgan fingerprint density at radius 2 is 2.11 bits per heavy atom. The van der Waals surface area contributed by atoms with E-state index in [0.29, 0.717) is 11.3 Å². The minimum absolute atomic E-state index is 0.102. The molecule has 0 atom stereocenters. The molecule has 1 aromatic carbocycles. The summed E-state index contributed by atoms with van der Waals surface area (Å²) in [6.45, 7) is 0. The highest BCUT2D eigenvalue weighted by atomic mass is 16.5. The van der Waals surface area contributed by atoms with E-state index in [0.717, 1.165) is 0 Å². The number of carboxylic acid groups (broad SMARTS) is 1. The number of amides is 1. The Balaban J connectivity index is 2.18. The molecular weight excluding hydrogens is 250 g/mol. The maximum absolute atomic E-state index is 12.0. The van der Waals surface area contributed by atoms with E-state index in [1.54, 1.807) is 24.3 Å². The average molecular weight is 261 g/mol. The molecule has 1 amide bonds. The molecule has 19 heavy (non-hydrogen) atoms. The van der Waals surface area contributed by atoms with Crippen LogP contribution < -0.4 is 10.1 Å². The van der Waals surface area contributed by atoms with Gasteiger partial charge in [0.2, 0.25) is 0 Å². The molecule has 0 saturated carbocycles. The predicted molar refractivity (Wildman–Crippen MR) is 66.5 cm³/mol. The number of aromatic carboxylic acids is 1. The lowest BCUT2D eigenvalue weighted by Crippen LogP contribution is -2.13. The topological polar surface area (TPSA) is 104 Å². The molecule has 2 rings (SSSR count). The maximum atomic E-state index is 12.0. The highest BCUT2D eigenvalue weighted by Gasteiger charge is 2.14. The first-order valence-electron chi connectivity index (χ1n) is 5.35. The van der Waals surface area contributed by atoms with Gasteiger partial charge in [-0.15, -0.1) is 0 Å². The molecule has 7 heteroatoms. The number of aromatic nitrogens is 2. The van der Waals surface area contributed by atoms with Crippen molar-refractivity contribution in [1.82, 2.24) is 10.2 Å². The first-order valence-corrected chi connectivity index (χ1v) is 5.35. The second-order valence-electron chi connectivity index (χ2n) is 3.63. The lowest BCUT2D eigenvalue weighted by Gasteiger charge is -2.06. The van der Waals surface area contributed by atoms with E-state index in [1.165, 1.54) is 13.2 Å². The Kier molecular flexibility index (Phi) is 3.46. The zero-order chi connectivity index (χ0) is 13.8. The first kappa shape index (κ1) is 12.6. The van der Waals surface area contributed by atoms with Gasteiger partial charge in [-0.25, -0.2) is 4.79 Å². The van der Waals surface area contributed by atoms with Crippen LogP contribution in [0.5, 0.6) is 5.75 Å². The number of benzene rings is 1. The van der Waals surface area contributed by atoms with Gasteiger partial charge in [-0.1, -0.05) is 12.1 Å². The summed E-state index contributed by atoms with van der Waals surface area (Å²) in [5.74, 6) is -1.02. The lowest BCUT2D eigenvalue weighted by atomic mass is 10.2. The Labute approximate surface area is 108 Å². The number of aromatic amines is 1. The normalized spacial score (nSPS) is 9.95. The van der Waals surface area contributed by atoms with Gasteiger partial charge >= 0.3 is 5.97 Å². The van der Waals surface area contributed by atoms with Gasteiger partial charge in [0.25, 0.3) is 5.91 Å². The fourth-order valence-electron chi connectivity index (χ4n) is 1.51. The standard InChI is InChI=1S/C12H11N3O4/c1-19-9-5-3-2-4-7(9)11(16)13-10-6-8(12(17)18)14-15-10/h2-6H,1H3,(H,17,18)(H2,13,14,15,16). The summed E-state index contributed by atoms with van der Waals surface area (Å²) in [6, 6.07) is 7.92. The summed E-state index contributed by atoms with van der Waals surface area (Å²) in [6.07, 6.45) is 0. The molecule has 0 fully saturated rings. The van der Waals surface area contributed by atoms with E-state index in [-0.39, 0.29) is 11.5 Å². The molecule has 1 aromatic heterocycles. The number of carboxylic acids is 1. The summed E-state index contributed by atoms with van der Waals surface area (Å²) in [5.41, 5.74) is 0.236. The van der Waals surface area contributed by atoms with Crippen LogP contribution in [-0.2, 0) is 0 Å². The van der Waals surface area contributed by atoms with E-state index < -0.39 is 11.9 Å². The van der Waals surface area contributed by atoms with Crippen LogP contribution in [0.4, 0.5) is 5.82 Å². The smallest absolute Gasteiger partial charge is 0.353 e. The summed E-state index contributed by atoms with van der Waals surface area (Å²) >= 11 is 0. The molecule has 0 unspecified atom stereocenters. The van der Waals surface area contributed by atoms with E-state index in [2.05, 4.69) is 15.5 Å². The van der Waals surface area contributed by atoms with Gasteiger partial charge in [-0.05, 0) is 12.1 Å². The number of ether oxygens (including phenoxy) is 1. The molecule has 0 radical (unpaired) electrons. The zero-order valence-electron chi connectivity index (χ0n) is 10.0. The number of hydrogen-bond donors (Lipinski definition) is 3. The van der Waals surface area contributed by atoms with Crippen LogP contribution in [0.1, 0.15) is 20.8 Å². The van der Waals surface area contributed by atoms with Crippen LogP contribution in [0.15, 0.2) is 30.3 Å². The van der Waals surface area contributed by atoms with Crippen molar-refractivity contribution in [2.24, 2.45) is 0 Å². The Morgan fingerprint density at radius 3 is 2.74 bits per heavy atom. The van der Waals surface area contributed by atoms with Crippen LogP contribution >= 0.6 is 0 Å². The minimum atomic E-state index is -1.15. The predicted octanol–water partition coefficient (Wildman–Crippen LogP) is 1.37. The third-order valence-corrected chi connectivity index (χ3v) is 2.40. The van der Waals surface area contributed by atoms with Crippen molar-refractivity contribution in [2.45, 2.75) is 0 Å². The molecule has 0 aliphatic carbocycles. The maximum Gasteiger partial charge on any atom is 0.353 e. The van der Waals surface area contributed by atoms with Crippen molar-refractivity contribution in [3.05, 3.63) is 41.6 Å². The molecule has 1 heterocycles. The second-order valence-corrected chi connectivity index (χ2v) is 3.63. The van der Waals surface area contributed by atoms with Crippen molar-refractivity contribution in [3.8, 4) is 5.75 Å². The molecular formula is C12H11N3O4. The second kappa shape index (κ2) is 5.21. The Bertz CT molecular complexity index is 621.